The maximum Gasteiger partial charge on any atom is 0.244 e. The van der Waals surface area contributed by atoms with Crippen LogP contribution in [0.1, 0.15) is 90.9 Å². The summed E-state index contributed by atoms with van der Waals surface area (Å²) in [5.74, 6) is -1.96. The first-order valence-corrected chi connectivity index (χ1v) is 22.0. The van der Waals surface area contributed by atoms with Crippen LogP contribution in [0.2, 0.25) is 0 Å². The smallest absolute Gasteiger partial charge is 0.244 e. The number of unbranched alkanes of at least 4 members (excludes halogenated alkanes) is 2. The predicted octanol–water partition coefficient (Wildman–Crippen LogP) is 5.63. The summed E-state index contributed by atoms with van der Waals surface area (Å²) in [6.45, 7) is 13.4. The predicted molar refractivity (Wildman–Crippen MR) is 232 cm³/mol. The van der Waals surface area contributed by atoms with E-state index in [-0.39, 0.29) is 66.1 Å². The molecular formula is C45H63F2N7O5S. The van der Waals surface area contributed by atoms with Crippen LogP contribution in [0.5, 0.6) is 0 Å². The third-order valence-corrected chi connectivity index (χ3v) is 12.2. The van der Waals surface area contributed by atoms with Crippen LogP contribution in [-0.4, -0.2) is 94.2 Å². The molecule has 1 saturated heterocycles. The fourth-order valence-electron chi connectivity index (χ4n) is 7.43. The quantitative estimate of drug-likeness (QED) is 0.0540. The molecule has 5 amide bonds. The summed E-state index contributed by atoms with van der Waals surface area (Å²) >= 11 is 1.24. The number of nitrogens with two attached hydrogens (primary N) is 2. The van der Waals surface area contributed by atoms with Gasteiger partial charge in [0.1, 0.15) is 17.0 Å². The van der Waals surface area contributed by atoms with Crippen molar-refractivity contribution in [2.75, 3.05) is 44.2 Å². The third kappa shape index (κ3) is 12.3. The first-order valence-electron chi connectivity index (χ1n) is 20.8. The highest BCUT2D eigenvalue weighted by Gasteiger charge is 2.58. The normalized spacial score (nSPS) is 14.8. The summed E-state index contributed by atoms with van der Waals surface area (Å²) < 4.78 is 31.5. The van der Waals surface area contributed by atoms with Gasteiger partial charge >= 0.3 is 0 Å². The molecule has 4 rings (SSSR count). The Hall–Kier alpha value is -4.60. The van der Waals surface area contributed by atoms with Gasteiger partial charge in [0.25, 0.3) is 0 Å². The van der Waals surface area contributed by atoms with E-state index in [9.17, 15) is 28.4 Å². The van der Waals surface area contributed by atoms with Crippen LogP contribution in [0.15, 0.2) is 60.8 Å². The topological polar surface area (TPSA) is 173 Å². The number of nitrogens with one attached hydrogen (secondary N) is 2. The van der Waals surface area contributed by atoms with Gasteiger partial charge in [0.05, 0.1) is 17.8 Å². The minimum atomic E-state index is -0.928. The van der Waals surface area contributed by atoms with E-state index in [1.54, 1.807) is 18.0 Å². The zero-order valence-corrected chi connectivity index (χ0v) is 36.7. The average Bonchev–Trinajstić information content (AvgIpc) is 3.61. The van der Waals surface area contributed by atoms with Gasteiger partial charge < -0.3 is 31.6 Å². The highest BCUT2D eigenvalue weighted by atomic mass is 32.2. The number of carbonyl (C=O) groups excluding carboxylic acids is 5. The van der Waals surface area contributed by atoms with E-state index < -0.39 is 40.5 Å². The molecule has 0 unspecified atom stereocenters. The first-order chi connectivity index (χ1) is 28.4. The molecular weight excluding hydrogens is 789 g/mol. The van der Waals surface area contributed by atoms with E-state index in [1.807, 2.05) is 75.6 Å². The van der Waals surface area contributed by atoms with E-state index in [1.165, 1.54) is 22.7 Å². The van der Waals surface area contributed by atoms with Gasteiger partial charge in [-0.05, 0) is 73.9 Å². The lowest BCUT2D eigenvalue weighted by Crippen LogP contribution is -2.66. The van der Waals surface area contributed by atoms with Crippen molar-refractivity contribution >= 4 is 41.3 Å². The number of nitrogens with zero attached hydrogens (tertiary/aromatic N) is 3. The van der Waals surface area contributed by atoms with E-state index in [0.717, 1.165) is 23.4 Å². The number of thioether (sulfide) groups is 1. The van der Waals surface area contributed by atoms with Gasteiger partial charge in [0.2, 0.25) is 29.5 Å². The number of hydrogen-bond donors (Lipinski definition) is 4. The summed E-state index contributed by atoms with van der Waals surface area (Å²) in [6.07, 6.45) is 4.55. The van der Waals surface area contributed by atoms with Crippen molar-refractivity contribution in [2.45, 2.75) is 92.3 Å². The second-order valence-electron chi connectivity index (χ2n) is 17.1. The van der Waals surface area contributed by atoms with Gasteiger partial charge in [-0.2, -0.15) is 0 Å². The number of benzene rings is 2. The Morgan fingerprint density at radius 1 is 0.933 bits per heavy atom. The number of carbonyl (C=O) groups is 5. The van der Waals surface area contributed by atoms with Crippen LogP contribution in [0.3, 0.4) is 0 Å². The number of hydrogen-bond acceptors (Lipinski definition) is 8. The van der Waals surface area contributed by atoms with Gasteiger partial charge in [0.15, 0.2) is 0 Å². The SMILES string of the molecule is CC(C)C1(C)C(=O)N(CCCCCC(=O)NCCNC(=O)[C@@H](N)CSCC(=O)N(CCCN)[C@@H](c2cc(-c3cc(F)ccc3F)cn2Cc2ccccc2)C(C)(C)C)C1=O. The van der Waals surface area contributed by atoms with E-state index in [4.69, 9.17) is 11.5 Å². The molecule has 2 atom stereocenters. The van der Waals surface area contributed by atoms with Gasteiger partial charge in [0, 0.05) is 67.9 Å². The second-order valence-corrected chi connectivity index (χ2v) is 18.1. The van der Waals surface area contributed by atoms with E-state index >= 15 is 4.39 Å². The summed E-state index contributed by atoms with van der Waals surface area (Å²) in [6, 6.07) is 13.6. The summed E-state index contributed by atoms with van der Waals surface area (Å²) in [7, 11) is 0. The molecule has 328 valence electrons. The molecule has 2 heterocycles. The fourth-order valence-corrected chi connectivity index (χ4v) is 8.29. The molecule has 0 aliphatic carbocycles. The molecule has 3 aromatic rings. The number of imide groups is 1. The molecule has 15 heteroatoms. The summed E-state index contributed by atoms with van der Waals surface area (Å²) in [4.78, 5) is 67.3. The Morgan fingerprint density at radius 3 is 2.27 bits per heavy atom. The molecule has 60 heavy (non-hydrogen) atoms. The van der Waals surface area contributed by atoms with Crippen LogP contribution < -0.4 is 22.1 Å². The van der Waals surface area contributed by atoms with E-state index in [2.05, 4.69) is 10.6 Å². The molecule has 0 spiro atoms. The molecule has 12 nitrogen and oxygen atoms in total. The lowest BCUT2D eigenvalue weighted by Gasteiger charge is -2.46. The molecule has 1 aromatic heterocycles. The largest absolute Gasteiger partial charge is 0.354 e. The number of halogens is 2. The van der Waals surface area contributed by atoms with Crippen molar-refractivity contribution in [2.24, 2.45) is 28.2 Å². The minimum absolute atomic E-state index is 0.0426. The highest BCUT2D eigenvalue weighted by molar-refractivity contribution is 8.00. The number of amides is 5. The lowest BCUT2D eigenvalue weighted by molar-refractivity contribution is -0.179. The summed E-state index contributed by atoms with van der Waals surface area (Å²) in [5, 5.41) is 5.52. The van der Waals surface area contributed by atoms with Crippen molar-refractivity contribution < 1.29 is 32.8 Å². The van der Waals surface area contributed by atoms with Crippen molar-refractivity contribution in [1.29, 1.82) is 0 Å². The zero-order valence-electron chi connectivity index (χ0n) is 35.9. The van der Waals surface area contributed by atoms with Crippen molar-refractivity contribution in [1.82, 2.24) is 25.0 Å². The molecule has 1 aliphatic rings. The average molecular weight is 852 g/mol. The lowest BCUT2D eigenvalue weighted by atomic mass is 9.70. The van der Waals surface area contributed by atoms with Crippen LogP contribution in [0.4, 0.5) is 8.78 Å². The summed E-state index contributed by atoms with van der Waals surface area (Å²) in [5.41, 5.74) is 13.1. The maximum absolute atomic E-state index is 15.1. The highest BCUT2D eigenvalue weighted by Crippen LogP contribution is 2.42. The molecule has 2 aromatic carbocycles. The molecule has 0 radical (unpaired) electrons. The van der Waals surface area contributed by atoms with Gasteiger partial charge in [-0.3, -0.25) is 28.9 Å². The second kappa shape index (κ2) is 21.8. The van der Waals surface area contributed by atoms with Crippen molar-refractivity contribution in [3.8, 4) is 11.1 Å². The van der Waals surface area contributed by atoms with Crippen LogP contribution in [0, 0.1) is 28.4 Å². The monoisotopic (exact) mass is 851 g/mol. The van der Waals surface area contributed by atoms with Crippen LogP contribution >= 0.6 is 11.8 Å². The Labute approximate surface area is 357 Å². The first kappa shape index (κ1) is 48.1. The number of rotatable bonds is 23. The maximum atomic E-state index is 15.1. The molecule has 0 saturated carbocycles. The van der Waals surface area contributed by atoms with Gasteiger partial charge in [-0.1, -0.05) is 71.4 Å². The van der Waals surface area contributed by atoms with Crippen LogP contribution in [-0.2, 0) is 30.5 Å². The van der Waals surface area contributed by atoms with Crippen LogP contribution in [0.25, 0.3) is 11.1 Å². The zero-order chi connectivity index (χ0) is 44.2. The van der Waals surface area contributed by atoms with Gasteiger partial charge in [-0.25, -0.2) is 8.78 Å². The standard InChI is InChI=1S/C45H63F2N7O5S/c1-30(2)45(6)42(58)54(43(45)59)22-12-8-11-16-38(55)50-20-21-51-41(57)36(49)28-60-29-39(56)53(23-13-19-48)40(44(3,4)5)37-24-32(34-25-33(46)17-18-35(34)47)27-52(37)26-31-14-9-7-10-15-31/h7,9-10,14-15,17-18,24-25,27,30,36,40H,8,11-13,16,19-23,26,28-29,48-49H2,1-6H3,(H,50,55)(H,51,57)/t36-,40-/m0/s1. The molecule has 6 N–H and O–H groups in total. The van der Waals surface area contributed by atoms with E-state index in [0.29, 0.717) is 57.4 Å². The minimum Gasteiger partial charge on any atom is -0.354 e. The third-order valence-electron chi connectivity index (χ3n) is 11.1. The Kier molecular flexibility index (Phi) is 17.4. The van der Waals surface area contributed by atoms with Crippen molar-refractivity contribution in [3.63, 3.8) is 0 Å². The Balaban J connectivity index is 1.29. The van der Waals surface area contributed by atoms with Crippen molar-refractivity contribution in [3.05, 3.63) is 83.7 Å². The molecule has 0 bridgehead atoms. The fraction of sp³-hybridized carbons (Fsp3) is 0.533. The number of likely N-dealkylation sites (tertiary alicyclic amines) is 1. The number of aromatic nitrogens is 1. The molecule has 1 fully saturated rings. The molecule has 1 aliphatic heterocycles. The Morgan fingerprint density at radius 2 is 1.62 bits per heavy atom. The number of β-lactam (4-membered cyclic amide) rings is 2. The Bertz CT molecular complexity index is 1930. The van der Waals surface area contributed by atoms with Gasteiger partial charge in [-0.15, -0.1) is 11.8 Å².